The van der Waals surface area contributed by atoms with Crippen molar-refractivity contribution in [3.63, 3.8) is 0 Å². The first-order chi connectivity index (χ1) is 12.9. The Morgan fingerprint density at radius 2 is 1.50 bits per heavy atom. The minimum Gasteiger partial charge on any atom is -0.491 e. The van der Waals surface area contributed by atoms with Crippen LogP contribution in [0.25, 0.3) is 0 Å². The zero-order valence-electron chi connectivity index (χ0n) is 16.8. The van der Waals surface area contributed by atoms with Crippen LogP contribution in [0.15, 0.2) is 36.4 Å². The van der Waals surface area contributed by atoms with E-state index in [1.807, 2.05) is 0 Å². The van der Waals surface area contributed by atoms with Gasteiger partial charge >= 0.3 is 0 Å². The van der Waals surface area contributed by atoms with Crippen molar-refractivity contribution in [2.75, 3.05) is 13.2 Å². The third kappa shape index (κ3) is 10.7. The minimum atomic E-state index is 0.330. The van der Waals surface area contributed by atoms with Crippen molar-refractivity contribution in [2.24, 2.45) is 0 Å². The molecule has 0 radical (unpaired) electrons. The second kappa shape index (κ2) is 13.9. The lowest BCUT2D eigenvalue weighted by Crippen LogP contribution is -2.03. The molecule has 2 nitrogen and oxygen atoms in total. The summed E-state index contributed by atoms with van der Waals surface area (Å²) in [7, 11) is 0. The predicted octanol–water partition coefficient (Wildman–Crippen LogP) is 6.87. The number of rotatable bonds is 16. The first-order valence-corrected chi connectivity index (χ1v) is 10.9. The second-order valence-corrected chi connectivity index (χ2v) is 7.54. The quantitative estimate of drug-likeness (QED) is 0.183. The van der Waals surface area contributed by atoms with E-state index in [0.29, 0.717) is 12.7 Å². The van der Waals surface area contributed by atoms with Crippen molar-refractivity contribution in [3.05, 3.63) is 42.0 Å². The highest BCUT2D eigenvalue weighted by molar-refractivity contribution is 5.27. The van der Waals surface area contributed by atoms with Crippen molar-refractivity contribution in [2.45, 2.75) is 90.1 Å². The highest BCUT2D eigenvalue weighted by atomic mass is 16.6. The third-order valence-electron chi connectivity index (χ3n) is 4.99. The maximum Gasteiger partial charge on any atom is 0.119 e. The molecule has 1 atom stereocenters. The van der Waals surface area contributed by atoms with Crippen molar-refractivity contribution in [1.82, 2.24) is 0 Å². The highest BCUT2D eigenvalue weighted by Gasteiger charge is 2.22. The van der Waals surface area contributed by atoms with Crippen LogP contribution in [0.3, 0.4) is 0 Å². The summed E-state index contributed by atoms with van der Waals surface area (Å²) in [6.07, 6.45) is 21.0. The fourth-order valence-corrected chi connectivity index (χ4v) is 3.15. The van der Waals surface area contributed by atoms with Crippen LogP contribution in [0.2, 0.25) is 0 Å². The first kappa shape index (κ1) is 21.0. The van der Waals surface area contributed by atoms with E-state index in [1.165, 1.54) is 82.6 Å². The maximum atomic E-state index is 5.68. The van der Waals surface area contributed by atoms with E-state index in [4.69, 9.17) is 9.47 Å². The Morgan fingerprint density at radius 1 is 0.885 bits per heavy atom. The molecule has 0 N–H and O–H groups in total. The van der Waals surface area contributed by atoms with Crippen LogP contribution in [0.1, 0.15) is 83.1 Å². The van der Waals surface area contributed by atoms with Gasteiger partial charge in [0.2, 0.25) is 0 Å². The molecule has 0 aromatic heterocycles. The lowest BCUT2D eigenvalue weighted by atomic mass is 10.0. The molecule has 1 fully saturated rings. The fraction of sp³-hybridized carbons (Fsp3) is 0.667. The van der Waals surface area contributed by atoms with E-state index in [-0.39, 0.29) is 0 Å². The molecule has 1 aromatic rings. The molecule has 1 aliphatic rings. The van der Waals surface area contributed by atoms with Gasteiger partial charge in [0.15, 0.2) is 0 Å². The molecule has 0 bridgehead atoms. The molecule has 1 aliphatic heterocycles. The number of hydrogen-bond acceptors (Lipinski definition) is 2. The van der Waals surface area contributed by atoms with E-state index >= 15 is 0 Å². The number of epoxide rings is 1. The zero-order valence-corrected chi connectivity index (χ0v) is 16.8. The van der Waals surface area contributed by atoms with Crippen LogP contribution in [0, 0.1) is 0 Å². The smallest absolute Gasteiger partial charge is 0.119 e. The minimum absolute atomic E-state index is 0.330. The number of hydrogen-bond donors (Lipinski definition) is 0. The van der Waals surface area contributed by atoms with E-state index in [0.717, 1.165) is 12.4 Å². The van der Waals surface area contributed by atoms with Crippen molar-refractivity contribution >= 4 is 0 Å². The number of unbranched alkanes of at least 4 members (excludes halogenated alkanes) is 9. The Morgan fingerprint density at radius 3 is 2.15 bits per heavy atom. The third-order valence-corrected chi connectivity index (χ3v) is 4.99. The summed E-state index contributed by atoms with van der Waals surface area (Å²) in [5, 5.41) is 0. The Hall–Kier alpha value is -1.28. The molecule has 1 saturated heterocycles. The molecule has 146 valence electrons. The van der Waals surface area contributed by atoms with Crippen LogP contribution in [-0.2, 0) is 11.2 Å². The van der Waals surface area contributed by atoms with Gasteiger partial charge in [-0.15, -0.1) is 0 Å². The molecule has 1 heterocycles. The summed E-state index contributed by atoms with van der Waals surface area (Å²) in [5.74, 6) is 0.962. The van der Waals surface area contributed by atoms with Gasteiger partial charge in [-0.25, -0.2) is 0 Å². The molecular formula is C24H38O2. The largest absolute Gasteiger partial charge is 0.491 e. The Kier molecular flexibility index (Phi) is 11.2. The second-order valence-electron chi connectivity index (χ2n) is 7.54. The van der Waals surface area contributed by atoms with Gasteiger partial charge in [-0.2, -0.15) is 0 Å². The Labute approximate surface area is 161 Å². The summed E-state index contributed by atoms with van der Waals surface area (Å²) in [4.78, 5) is 0. The number of benzene rings is 1. The van der Waals surface area contributed by atoms with Crippen molar-refractivity contribution < 1.29 is 9.47 Å². The van der Waals surface area contributed by atoms with Crippen LogP contribution in [-0.4, -0.2) is 19.3 Å². The predicted molar refractivity (Wildman–Crippen MR) is 111 cm³/mol. The summed E-state index contributed by atoms with van der Waals surface area (Å²) in [6, 6.07) is 8.59. The van der Waals surface area contributed by atoms with Crippen LogP contribution in [0.5, 0.6) is 5.75 Å². The maximum absolute atomic E-state index is 5.68. The standard InChI is InChI=1S/C24H38O2/c1-2-3-4-5-6-7-8-9-10-11-12-13-14-15-22-16-18-23(19-17-22)25-20-24-21-26-24/h6-7,16-19,24H,2-5,8-15,20-21H2,1H3/b7-6+. The topological polar surface area (TPSA) is 21.8 Å². The number of aryl methyl sites for hydroxylation is 1. The van der Waals surface area contributed by atoms with Crippen LogP contribution in [0.4, 0.5) is 0 Å². The Bertz CT molecular complexity index is 473. The monoisotopic (exact) mass is 358 g/mol. The summed E-state index contributed by atoms with van der Waals surface area (Å²) >= 11 is 0. The lowest BCUT2D eigenvalue weighted by Gasteiger charge is -2.06. The molecule has 1 aromatic carbocycles. The lowest BCUT2D eigenvalue weighted by molar-refractivity contribution is 0.263. The Balaban J connectivity index is 1.38. The van der Waals surface area contributed by atoms with Crippen molar-refractivity contribution in [1.29, 1.82) is 0 Å². The molecule has 26 heavy (non-hydrogen) atoms. The fourth-order valence-electron chi connectivity index (χ4n) is 3.15. The SMILES string of the molecule is CCCCC/C=C/CCCCCCCCc1ccc(OCC2CO2)cc1. The number of allylic oxidation sites excluding steroid dienone is 2. The van der Waals surface area contributed by atoms with Crippen LogP contribution >= 0.6 is 0 Å². The van der Waals surface area contributed by atoms with Gasteiger partial charge in [0.25, 0.3) is 0 Å². The molecule has 2 rings (SSSR count). The van der Waals surface area contributed by atoms with Crippen molar-refractivity contribution in [3.8, 4) is 5.75 Å². The van der Waals surface area contributed by atoms with Gasteiger partial charge in [-0.1, -0.05) is 69.7 Å². The van der Waals surface area contributed by atoms with Crippen LogP contribution < -0.4 is 4.74 Å². The van der Waals surface area contributed by atoms with Gasteiger partial charge in [-0.3, -0.25) is 0 Å². The zero-order chi connectivity index (χ0) is 18.3. The molecular weight excluding hydrogens is 320 g/mol. The molecule has 0 amide bonds. The molecule has 1 unspecified atom stereocenters. The molecule has 0 aliphatic carbocycles. The van der Waals surface area contributed by atoms with Gasteiger partial charge in [-0.05, 0) is 56.2 Å². The molecule has 0 saturated carbocycles. The molecule has 0 spiro atoms. The summed E-state index contributed by atoms with van der Waals surface area (Å²) < 4.78 is 10.8. The van der Waals surface area contributed by atoms with E-state index in [2.05, 4.69) is 43.3 Å². The van der Waals surface area contributed by atoms with Gasteiger partial charge in [0, 0.05) is 0 Å². The number of ether oxygens (including phenoxy) is 2. The molecule has 2 heteroatoms. The first-order valence-electron chi connectivity index (χ1n) is 10.9. The summed E-state index contributed by atoms with van der Waals surface area (Å²) in [6.45, 7) is 3.81. The normalized spacial score (nSPS) is 16.3. The van der Waals surface area contributed by atoms with Gasteiger partial charge in [0.05, 0.1) is 6.61 Å². The van der Waals surface area contributed by atoms with Gasteiger partial charge in [0.1, 0.15) is 18.5 Å². The van der Waals surface area contributed by atoms with Gasteiger partial charge < -0.3 is 9.47 Å². The van der Waals surface area contributed by atoms with E-state index < -0.39 is 0 Å². The van der Waals surface area contributed by atoms with E-state index in [1.54, 1.807) is 0 Å². The van der Waals surface area contributed by atoms with E-state index in [9.17, 15) is 0 Å². The average Bonchev–Trinajstić information content (AvgIpc) is 3.49. The highest BCUT2D eigenvalue weighted by Crippen LogP contribution is 2.17. The average molecular weight is 359 g/mol. The summed E-state index contributed by atoms with van der Waals surface area (Å²) in [5.41, 5.74) is 1.42.